The van der Waals surface area contributed by atoms with Crippen molar-refractivity contribution in [3.63, 3.8) is 0 Å². The van der Waals surface area contributed by atoms with Gasteiger partial charge in [-0.05, 0) is 11.6 Å². The maximum absolute atomic E-state index is 13.5. The fourth-order valence-corrected chi connectivity index (χ4v) is 1.75. The second-order valence-corrected chi connectivity index (χ2v) is 4.64. The van der Waals surface area contributed by atoms with E-state index in [1.807, 2.05) is 30.3 Å². The topological polar surface area (TPSA) is 81.5 Å². The summed E-state index contributed by atoms with van der Waals surface area (Å²) in [6.45, 7) is 0.0510. The summed E-state index contributed by atoms with van der Waals surface area (Å²) in [5, 5.41) is 13.0. The van der Waals surface area contributed by atoms with Gasteiger partial charge >= 0.3 is 6.09 Å². The third-order valence-electron chi connectivity index (χ3n) is 2.92. The molecule has 0 aromatic heterocycles. The summed E-state index contributed by atoms with van der Waals surface area (Å²) in [7, 11) is 0. The summed E-state index contributed by atoms with van der Waals surface area (Å²) in [5.74, 6) is 4.28. The molecule has 0 radical (unpaired) electrons. The highest BCUT2D eigenvalue weighted by Gasteiger charge is 2.08. The maximum atomic E-state index is 13.5. The van der Waals surface area contributed by atoms with E-state index in [4.69, 9.17) is 4.74 Å². The summed E-state index contributed by atoms with van der Waals surface area (Å²) < 4.78 is 18.5. The number of nitro groups is 1. The number of nitrogens with one attached hydrogen (secondary N) is 1. The number of amides is 1. The van der Waals surface area contributed by atoms with Gasteiger partial charge in [-0.1, -0.05) is 42.2 Å². The first kappa shape index (κ1) is 17.0. The zero-order valence-electron chi connectivity index (χ0n) is 12.5. The lowest BCUT2D eigenvalue weighted by Crippen LogP contribution is -2.24. The van der Waals surface area contributed by atoms with Crippen molar-refractivity contribution in [1.29, 1.82) is 0 Å². The Morgan fingerprint density at radius 2 is 2.00 bits per heavy atom. The van der Waals surface area contributed by atoms with Crippen LogP contribution in [-0.2, 0) is 11.3 Å². The molecule has 122 valence electrons. The van der Waals surface area contributed by atoms with Crippen LogP contribution in [0.15, 0.2) is 48.5 Å². The number of ether oxygens (including phenoxy) is 1. The Balaban J connectivity index is 1.84. The number of rotatable bonds is 4. The molecule has 24 heavy (non-hydrogen) atoms. The molecule has 0 spiro atoms. The van der Waals surface area contributed by atoms with E-state index < -0.39 is 16.8 Å². The minimum atomic E-state index is -0.667. The highest BCUT2D eigenvalue weighted by molar-refractivity contribution is 5.67. The van der Waals surface area contributed by atoms with Gasteiger partial charge in [-0.3, -0.25) is 10.1 Å². The van der Waals surface area contributed by atoms with Gasteiger partial charge in [0.1, 0.15) is 12.4 Å². The molecule has 0 aliphatic carbocycles. The molecule has 0 saturated heterocycles. The summed E-state index contributed by atoms with van der Waals surface area (Å²) in [4.78, 5) is 21.5. The lowest BCUT2D eigenvalue weighted by atomic mass is 10.2. The molecule has 0 heterocycles. The van der Waals surface area contributed by atoms with Crippen molar-refractivity contribution in [2.75, 3.05) is 6.54 Å². The highest BCUT2D eigenvalue weighted by Crippen LogP contribution is 2.15. The molecule has 0 fully saturated rings. The summed E-state index contributed by atoms with van der Waals surface area (Å²) in [5.41, 5.74) is 0.483. The Morgan fingerprint density at radius 1 is 1.25 bits per heavy atom. The first-order chi connectivity index (χ1) is 11.6. The number of hydrogen-bond donors (Lipinski definition) is 1. The molecule has 0 bridgehead atoms. The number of alkyl carbamates (subject to hydrolysis) is 1. The molecular formula is C17H13FN2O4. The monoisotopic (exact) mass is 328 g/mol. The first-order valence-electron chi connectivity index (χ1n) is 6.93. The van der Waals surface area contributed by atoms with Gasteiger partial charge in [-0.25, -0.2) is 9.18 Å². The average Bonchev–Trinajstić information content (AvgIpc) is 2.59. The predicted octanol–water partition coefficient (Wildman–Crippen LogP) is 3.01. The summed E-state index contributed by atoms with van der Waals surface area (Å²) >= 11 is 0. The van der Waals surface area contributed by atoms with Gasteiger partial charge < -0.3 is 10.1 Å². The van der Waals surface area contributed by atoms with Crippen LogP contribution in [0.5, 0.6) is 0 Å². The van der Waals surface area contributed by atoms with Crippen LogP contribution in [-0.4, -0.2) is 17.6 Å². The number of non-ortho nitro benzene ring substituents is 1. The smallest absolute Gasteiger partial charge is 0.408 e. The van der Waals surface area contributed by atoms with Gasteiger partial charge in [0.15, 0.2) is 0 Å². The van der Waals surface area contributed by atoms with Crippen molar-refractivity contribution in [2.45, 2.75) is 6.61 Å². The van der Waals surface area contributed by atoms with E-state index in [-0.39, 0.29) is 24.4 Å². The Bertz CT molecular complexity index is 797. The molecule has 0 aliphatic heterocycles. The van der Waals surface area contributed by atoms with E-state index in [1.165, 1.54) is 0 Å². The van der Waals surface area contributed by atoms with Crippen molar-refractivity contribution in [2.24, 2.45) is 0 Å². The summed E-state index contributed by atoms with van der Waals surface area (Å²) in [6.07, 6.45) is -0.660. The van der Waals surface area contributed by atoms with Gasteiger partial charge in [0.25, 0.3) is 5.69 Å². The van der Waals surface area contributed by atoms with Gasteiger partial charge in [-0.15, -0.1) is 0 Å². The van der Waals surface area contributed by atoms with Gasteiger partial charge in [-0.2, -0.15) is 0 Å². The van der Waals surface area contributed by atoms with Crippen LogP contribution in [0, 0.1) is 27.8 Å². The minimum Gasteiger partial charge on any atom is -0.445 e. The van der Waals surface area contributed by atoms with E-state index in [9.17, 15) is 19.3 Å². The van der Waals surface area contributed by atoms with Crippen LogP contribution < -0.4 is 5.32 Å². The van der Waals surface area contributed by atoms with E-state index >= 15 is 0 Å². The van der Waals surface area contributed by atoms with Crippen LogP contribution >= 0.6 is 0 Å². The Kier molecular flexibility index (Phi) is 5.86. The van der Waals surface area contributed by atoms with Gasteiger partial charge in [0, 0.05) is 12.1 Å². The third-order valence-corrected chi connectivity index (χ3v) is 2.92. The Hall–Kier alpha value is -3.40. The highest BCUT2D eigenvalue weighted by atomic mass is 19.1. The molecule has 1 amide bonds. The molecule has 0 aliphatic rings. The van der Waals surface area contributed by atoms with Crippen molar-refractivity contribution in [3.8, 4) is 11.8 Å². The molecule has 2 rings (SSSR count). The zero-order chi connectivity index (χ0) is 17.4. The van der Waals surface area contributed by atoms with Crippen LogP contribution in [0.2, 0.25) is 0 Å². The van der Waals surface area contributed by atoms with E-state index in [1.54, 1.807) is 0 Å². The summed E-state index contributed by atoms with van der Waals surface area (Å²) in [6, 6.07) is 12.2. The number of halogens is 1. The molecule has 7 heteroatoms. The molecule has 2 aromatic carbocycles. The first-order valence-corrected chi connectivity index (χ1v) is 6.93. The number of nitrogens with zero attached hydrogens (tertiary/aromatic N) is 1. The number of benzene rings is 2. The van der Waals surface area contributed by atoms with E-state index in [0.717, 1.165) is 23.8 Å². The lowest BCUT2D eigenvalue weighted by Gasteiger charge is -2.04. The molecular weight excluding hydrogens is 315 g/mol. The Morgan fingerprint density at radius 3 is 2.71 bits per heavy atom. The number of hydrogen-bond acceptors (Lipinski definition) is 4. The molecule has 0 unspecified atom stereocenters. The second kappa shape index (κ2) is 8.29. The largest absolute Gasteiger partial charge is 0.445 e. The number of carbonyl (C=O) groups excluding carboxylic acids is 1. The molecule has 0 saturated carbocycles. The fraction of sp³-hybridized carbons (Fsp3) is 0.118. The van der Waals surface area contributed by atoms with E-state index in [2.05, 4.69) is 17.2 Å². The number of carbonyl (C=O) groups is 1. The van der Waals surface area contributed by atoms with Crippen molar-refractivity contribution < 1.29 is 18.8 Å². The Labute approximate surface area is 137 Å². The van der Waals surface area contributed by atoms with Crippen LogP contribution in [0.1, 0.15) is 11.1 Å². The third kappa shape index (κ3) is 5.10. The van der Waals surface area contributed by atoms with E-state index in [0.29, 0.717) is 0 Å². The minimum absolute atomic E-state index is 0.0737. The maximum Gasteiger partial charge on any atom is 0.408 e. The quantitative estimate of drug-likeness (QED) is 0.531. The number of nitro benzene ring substituents is 1. The van der Waals surface area contributed by atoms with Crippen molar-refractivity contribution in [1.82, 2.24) is 5.32 Å². The molecule has 0 atom stereocenters. The zero-order valence-corrected chi connectivity index (χ0v) is 12.5. The normalized spacial score (nSPS) is 9.54. The van der Waals surface area contributed by atoms with Crippen molar-refractivity contribution >= 4 is 11.8 Å². The predicted molar refractivity (Wildman–Crippen MR) is 84.6 cm³/mol. The van der Waals surface area contributed by atoms with Crippen LogP contribution in [0.25, 0.3) is 0 Å². The molecule has 2 aromatic rings. The standard InChI is InChI=1S/C17H13FN2O4/c18-16-9-8-15(20(22)23)11-14(16)7-4-10-19-17(21)24-12-13-5-2-1-3-6-13/h1-3,5-6,8-9,11H,10,12H2,(H,19,21). The van der Waals surface area contributed by atoms with Crippen molar-refractivity contribution in [3.05, 3.63) is 75.6 Å². The van der Waals surface area contributed by atoms with Crippen LogP contribution in [0.4, 0.5) is 14.9 Å². The average molecular weight is 328 g/mol. The lowest BCUT2D eigenvalue weighted by molar-refractivity contribution is -0.384. The second-order valence-electron chi connectivity index (χ2n) is 4.64. The SMILES string of the molecule is O=C(NCC#Cc1cc([N+](=O)[O-])ccc1F)OCc1ccccc1. The van der Waals surface area contributed by atoms with Gasteiger partial charge in [0.05, 0.1) is 17.0 Å². The van der Waals surface area contributed by atoms with Crippen LogP contribution in [0.3, 0.4) is 0 Å². The molecule has 6 nitrogen and oxygen atoms in total. The molecule has 1 N–H and O–H groups in total. The fourth-order valence-electron chi connectivity index (χ4n) is 1.75. The van der Waals surface area contributed by atoms with Gasteiger partial charge in [0.2, 0.25) is 0 Å².